The Labute approximate surface area is 93.1 Å². The van der Waals surface area contributed by atoms with Crippen LogP contribution in [0.1, 0.15) is 5.56 Å². The molecule has 2 aromatic rings. The number of nitrogen functional groups attached to an aromatic ring is 2. The number of benzene rings is 1. The summed E-state index contributed by atoms with van der Waals surface area (Å²) >= 11 is 0. The number of pyridine rings is 1. The van der Waals surface area contributed by atoms with Gasteiger partial charge in [-0.15, -0.1) is 0 Å². The zero-order valence-corrected chi connectivity index (χ0v) is 8.97. The lowest BCUT2D eigenvalue weighted by atomic mass is 10.1. The van der Waals surface area contributed by atoms with Crippen LogP contribution in [0.15, 0.2) is 41.5 Å². The Morgan fingerprint density at radius 1 is 1.06 bits per heavy atom. The monoisotopic (exact) mass is 215 g/mol. The number of nitrogens with two attached hydrogens (primary N) is 2. The van der Waals surface area contributed by atoms with Gasteiger partial charge in [0.15, 0.2) is 5.43 Å². The molecule has 1 aromatic heterocycles. The minimum atomic E-state index is -0.0412. The van der Waals surface area contributed by atoms with E-state index in [0.717, 1.165) is 5.56 Å². The lowest BCUT2D eigenvalue weighted by molar-refractivity contribution is 1.04. The zero-order chi connectivity index (χ0) is 11.7. The molecule has 16 heavy (non-hydrogen) atoms. The molecule has 0 aliphatic carbocycles. The Hall–Kier alpha value is -2.23. The number of aryl methyl sites for hydroxylation is 1. The summed E-state index contributed by atoms with van der Waals surface area (Å²) in [6, 6.07) is 6.64. The quantitative estimate of drug-likeness (QED) is 0.704. The van der Waals surface area contributed by atoms with E-state index in [9.17, 15) is 4.79 Å². The lowest BCUT2D eigenvalue weighted by Crippen LogP contribution is -2.07. The maximum Gasteiger partial charge on any atom is 0.181 e. The van der Waals surface area contributed by atoms with E-state index in [0.29, 0.717) is 17.1 Å². The fraction of sp³-hybridized carbons (Fsp3) is 0.0833. The van der Waals surface area contributed by atoms with E-state index in [2.05, 4.69) is 0 Å². The van der Waals surface area contributed by atoms with Crippen molar-refractivity contribution < 1.29 is 0 Å². The van der Waals surface area contributed by atoms with Crippen LogP contribution in [0.3, 0.4) is 0 Å². The van der Waals surface area contributed by atoms with Crippen molar-refractivity contribution in [3.05, 3.63) is 52.4 Å². The number of hydrogen-bond donors (Lipinski definition) is 2. The molecule has 0 amide bonds. The van der Waals surface area contributed by atoms with Crippen LogP contribution in [-0.2, 0) is 0 Å². The van der Waals surface area contributed by atoms with E-state index in [-0.39, 0.29) is 5.43 Å². The Balaban J connectivity index is 2.64. The molecule has 2 rings (SSSR count). The van der Waals surface area contributed by atoms with Crippen molar-refractivity contribution in [2.75, 3.05) is 11.5 Å². The van der Waals surface area contributed by atoms with Crippen LogP contribution in [0, 0.1) is 6.92 Å². The molecule has 82 valence electrons. The first kappa shape index (κ1) is 10.3. The second kappa shape index (κ2) is 3.73. The molecule has 1 heterocycles. The summed E-state index contributed by atoms with van der Waals surface area (Å²) in [5, 5.41) is 0. The fourth-order valence-electron chi connectivity index (χ4n) is 1.70. The molecule has 0 aliphatic heterocycles. The van der Waals surface area contributed by atoms with E-state index in [1.807, 2.05) is 19.1 Å². The van der Waals surface area contributed by atoms with Crippen molar-refractivity contribution in [1.82, 2.24) is 4.57 Å². The van der Waals surface area contributed by atoms with E-state index in [1.54, 1.807) is 17.0 Å². The molecule has 0 bridgehead atoms. The molecular weight excluding hydrogens is 202 g/mol. The number of nitrogens with zero attached hydrogens (tertiary/aromatic N) is 1. The summed E-state index contributed by atoms with van der Waals surface area (Å²) in [4.78, 5) is 11.0. The van der Waals surface area contributed by atoms with Crippen molar-refractivity contribution in [3.8, 4) is 5.69 Å². The molecule has 0 aliphatic rings. The first-order chi connectivity index (χ1) is 7.58. The van der Waals surface area contributed by atoms with Crippen molar-refractivity contribution in [2.24, 2.45) is 0 Å². The minimum Gasteiger partial charge on any atom is -0.397 e. The molecule has 0 spiro atoms. The second-order valence-electron chi connectivity index (χ2n) is 3.73. The molecule has 1 aromatic carbocycles. The smallest absolute Gasteiger partial charge is 0.181 e. The van der Waals surface area contributed by atoms with Gasteiger partial charge in [-0.25, -0.2) is 0 Å². The van der Waals surface area contributed by atoms with Crippen LogP contribution < -0.4 is 16.9 Å². The molecule has 4 heteroatoms. The molecule has 0 radical (unpaired) electrons. The SMILES string of the molecule is Cc1cc(N)c(-n2ccc(=O)cc2)c(N)c1. The molecule has 0 saturated heterocycles. The standard InChI is InChI=1S/C12H13N3O/c1-8-6-10(13)12(11(14)7-8)15-4-2-9(16)3-5-15/h2-7H,13-14H2,1H3. The highest BCUT2D eigenvalue weighted by Gasteiger charge is 2.05. The Kier molecular flexibility index (Phi) is 2.40. The van der Waals surface area contributed by atoms with Gasteiger partial charge in [-0.2, -0.15) is 0 Å². The average Bonchev–Trinajstić information content (AvgIpc) is 2.19. The number of hydrogen-bond acceptors (Lipinski definition) is 3. The summed E-state index contributed by atoms with van der Waals surface area (Å²) in [6.07, 6.45) is 3.30. The highest BCUT2D eigenvalue weighted by Crippen LogP contribution is 2.25. The Morgan fingerprint density at radius 3 is 2.06 bits per heavy atom. The van der Waals surface area contributed by atoms with Gasteiger partial charge < -0.3 is 16.0 Å². The van der Waals surface area contributed by atoms with E-state index >= 15 is 0 Å². The first-order valence-corrected chi connectivity index (χ1v) is 4.92. The first-order valence-electron chi connectivity index (χ1n) is 4.92. The van der Waals surface area contributed by atoms with Gasteiger partial charge in [0.05, 0.1) is 17.1 Å². The topological polar surface area (TPSA) is 74.0 Å². The van der Waals surface area contributed by atoms with Crippen LogP contribution in [-0.4, -0.2) is 4.57 Å². The van der Waals surface area contributed by atoms with E-state index in [4.69, 9.17) is 11.5 Å². The fourth-order valence-corrected chi connectivity index (χ4v) is 1.70. The Bertz CT molecular complexity index is 544. The third-order valence-electron chi connectivity index (χ3n) is 2.37. The van der Waals surface area contributed by atoms with Gasteiger partial charge in [0, 0.05) is 24.5 Å². The van der Waals surface area contributed by atoms with Crippen molar-refractivity contribution in [3.63, 3.8) is 0 Å². The van der Waals surface area contributed by atoms with E-state index in [1.165, 1.54) is 12.1 Å². The highest BCUT2D eigenvalue weighted by atomic mass is 16.1. The van der Waals surface area contributed by atoms with Gasteiger partial charge in [0.2, 0.25) is 0 Å². The second-order valence-corrected chi connectivity index (χ2v) is 3.73. The minimum absolute atomic E-state index is 0.0412. The maximum atomic E-state index is 11.0. The number of aromatic nitrogens is 1. The summed E-state index contributed by atoms with van der Waals surface area (Å²) < 4.78 is 1.74. The molecule has 0 fully saturated rings. The van der Waals surface area contributed by atoms with Crippen molar-refractivity contribution in [1.29, 1.82) is 0 Å². The van der Waals surface area contributed by atoms with Gasteiger partial charge in [0.1, 0.15) is 0 Å². The Morgan fingerprint density at radius 2 is 1.56 bits per heavy atom. The predicted octanol–water partition coefficient (Wildman–Crippen LogP) is 1.31. The number of anilines is 2. The largest absolute Gasteiger partial charge is 0.397 e. The third kappa shape index (κ3) is 1.77. The molecule has 0 saturated carbocycles. The zero-order valence-electron chi connectivity index (χ0n) is 8.97. The van der Waals surface area contributed by atoms with Crippen LogP contribution in [0.4, 0.5) is 11.4 Å². The van der Waals surface area contributed by atoms with Crippen LogP contribution in [0.5, 0.6) is 0 Å². The molecular formula is C12H13N3O. The summed E-state index contributed by atoms with van der Waals surface area (Å²) in [5.74, 6) is 0. The normalized spacial score (nSPS) is 10.3. The molecule has 4 N–H and O–H groups in total. The van der Waals surface area contributed by atoms with Crippen molar-refractivity contribution >= 4 is 11.4 Å². The third-order valence-corrected chi connectivity index (χ3v) is 2.37. The van der Waals surface area contributed by atoms with Gasteiger partial charge in [-0.1, -0.05) is 0 Å². The summed E-state index contributed by atoms with van der Waals surface area (Å²) in [5.41, 5.74) is 14.7. The highest BCUT2D eigenvalue weighted by molar-refractivity contribution is 5.73. The van der Waals surface area contributed by atoms with Gasteiger partial charge in [-0.05, 0) is 24.6 Å². The molecule has 0 unspecified atom stereocenters. The van der Waals surface area contributed by atoms with Gasteiger partial charge >= 0.3 is 0 Å². The summed E-state index contributed by atoms with van der Waals surface area (Å²) in [6.45, 7) is 1.93. The number of rotatable bonds is 1. The summed E-state index contributed by atoms with van der Waals surface area (Å²) in [7, 11) is 0. The average molecular weight is 215 g/mol. The van der Waals surface area contributed by atoms with Crippen molar-refractivity contribution in [2.45, 2.75) is 6.92 Å². The van der Waals surface area contributed by atoms with Crippen LogP contribution in [0.25, 0.3) is 5.69 Å². The van der Waals surface area contributed by atoms with Gasteiger partial charge in [0.25, 0.3) is 0 Å². The van der Waals surface area contributed by atoms with Crippen LogP contribution in [0.2, 0.25) is 0 Å². The van der Waals surface area contributed by atoms with E-state index < -0.39 is 0 Å². The predicted molar refractivity (Wildman–Crippen MR) is 65.6 cm³/mol. The maximum absolute atomic E-state index is 11.0. The molecule has 0 atom stereocenters. The lowest BCUT2D eigenvalue weighted by Gasteiger charge is -2.13. The van der Waals surface area contributed by atoms with Gasteiger partial charge in [-0.3, -0.25) is 4.79 Å². The molecule has 4 nitrogen and oxygen atoms in total. The van der Waals surface area contributed by atoms with Crippen LogP contribution >= 0.6 is 0 Å².